The first kappa shape index (κ1) is 20.0. The average molecular weight is 438 g/mol. The third kappa shape index (κ3) is 3.75. The summed E-state index contributed by atoms with van der Waals surface area (Å²) in [6, 6.07) is 20.9. The lowest BCUT2D eigenvalue weighted by Crippen LogP contribution is -2.44. The molecule has 1 saturated heterocycles. The first-order valence-corrected chi connectivity index (χ1v) is 11.7. The molecule has 3 aromatic heterocycles. The molecule has 166 valence electrons. The van der Waals surface area contributed by atoms with E-state index in [1.165, 1.54) is 5.56 Å². The molecule has 33 heavy (non-hydrogen) atoms. The number of piperidine rings is 1. The van der Waals surface area contributed by atoms with E-state index in [1.54, 1.807) is 12.3 Å². The number of anilines is 1. The van der Waals surface area contributed by atoms with Gasteiger partial charge in [0, 0.05) is 48.7 Å². The van der Waals surface area contributed by atoms with Gasteiger partial charge in [0.2, 0.25) is 0 Å². The number of carbonyl (C=O) groups excluding carboxylic acids is 1. The smallest absolute Gasteiger partial charge is 0.251 e. The molecule has 2 aliphatic rings. The van der Waals surface area contributed by atoms with Gasteiger partial charge in [-0.15, -0.1) is 0 Å². The fourth-order valence-electron chi connectivity index (χ4n) is 4.96. The van der Waals surface area contributed by atoms with Gasteiger partial charge < -0.3 is 14.6 Å². The van der Waals surface area contributed by atoms with Gasteiger partial charge in [0.15, 0.2) is 0 Å². The van der Waals surface area contributed by atoms with E-state index in [4.69, 9.17) is 4.98 Å². The van der Waals surface area contributed by atoms with Crippen molar-refractivity contribution in [3.05, 3.63) is 96.1 Å². The Kier molecular flexibility index (Phi) is 4.86. The van der Waals surface area contributed by atoms with E-state index < -0.39 is 0 Å². The van der Waals surface area contributed by atoms with Crippen LogP contribution in [-0.2, 0) is 5.41 Å². The van der Waals surface area contributed by atoms with Crippen LogP contribution in [0.2, 0.25) is 0 Å². The Balaban J connectivity index is 1.29. The molecule has 6 heteroatoms. The van der Waals surface area contributed by atoms with E-state index >= 15 is 0 Å². The zero-order valence-corrected chi connectivity index (χ0v) is 18.5. The van der Waals surface area contributed by atoms with Crippen molar-refractivity contribution in [2.75, 3.05) is 18.0 Å². The van der Waals surface area contributed by atoms with Crippen molar-refractivity contribution < 1.29 is 4.79 Å². The van der Waals surface area contributed by atoms with Gasteiger partial charge in [0.1, 0.15) is 11.5 Å². The molecule has 1 aliphatic carbocycles. The summed E-state index contributed by atoms with van der Waals surface area (Å²) in [6.45, 7) is 1.70. The van der Waals surface area contributed by atoms with Crippen LogP contribution < -0.4 is 10.2 Å². The van der Waals surface area contributed by atoms with E-state index in [0.29, 0.717) is 11.6 Å². The molecule has 1 aromatic carbocycles. The van der Waals surface area contributed by atoms with Crippen molar-refractivity contribution >= 4 is 17.4 Å². The van der Waals surface area contributed by atoms with Crippen LogP contribution in [0.1, 0.15) is 47.3 Å². The Morgan fingerprint density at radius 1 is 1.00 bits per heavy atom. The maximum Gasteiger partial charge on any atom is 0.251 e. The minimum absolute atomic E-state index is 0.00138. The van der Waals surface area contributed by atoms with Crippen molar-refractivity contribution in [1.82, 2.24) is 19.7 Å². The highest BCUT2D eigenvalue weighted by Gasteiger charge is 2.40. The number of benzene rings is 1. The Morgan fingerprint density at radius 2 is 1.79 bits per heavy atom. The number of nitrogens with one attached hydrogen (secondary N) is 1. The van der Waals surface area contributed by atoms with Gasteiger partial charge in [-0.25, -0.2) is 9.97 Å². The molecule has 4 heterocycles. The average Bonchev–Trinajstić information content (AvgIpc) is 3.58. The zero-order chi connectivity index (χ0) is 22.3. The second-order valence-electron chi connectivity index (χ2n) is 9.18. The standard InChI is InChI=1S/C27H27N5O/c33-26(29-22-9-10-22)20-11-14-28-25(18-20)31-16-12-27(13-17-31,21-6-2-1-3-7-21)23-19-32-15-5-4-8-24(32)30-23/h1-8,11,14-15,18-19,22H,9-10,12-13,16-17H2,(H,29,33). The maximum atomic E-state index is 12.5. The Labute approximate surface area is 193 Å². The normalized spacial score (nSPS) is 17.8. The van der Waals surface area contributed by atoms with Crippen LogP contribution in [0.5, 0.6) is 0 Å². The van der Waals surface area contributed by atoms with Crippen LogP contribution in [0.4, 0.5) is 5.82 Å². The third-order valence-electron chi connectivity index (χ3n) is 7.04. The Bertz CT molecular complexity index is 1250. The lowest BCUT2D eigenvalue weighted by atomic mass is 9.70. The van der Waals surface area contributed by atoms with Gasteiger partial charge in [-0.05, 0) is 55.5 Å². The summed E-state index contributed by atoms with van der Waals surface area (Å²) in [7, 11) is 0. The number of hydrogen-bond donors (Lipinski definition) is 1. The molecule has 1 aliphatic heterocycles. The topological polar surface area (TPSA) is 62.5 Å². The minimum Gasteiger partial charge on any atom is -0.357 e. The number of imidazole rings is 1. The summed E-state index contributed by atoms with van der Waals surface area (Å²) in [5.74, 6) is 0.872. The molecule has 6 rings (SSSR count). The van der Waals surface area contributed by atoms with Gasteiger partial charge in [-0.2, -0.15) is 0 Å². The predicted molar refractivity (Wildman–Crippen MR) is 129 cm³/mol. The predicted octanol–water partition coefficient (Wildman–Crippen LogP) is 4.21. The van der Waals surface area contributed by atoms with E-state index in [0.717, 1.165) is 55.9 Å². The van der Waals surface area contributed by atoms with Crippen LogP contribution in [-0.4, -0.2) is 39.4 Å². The molecule has 1 amide bonds. The van der Waals surface area contributed by atoms with Crippen LogP contribution in [0.15, 0.2) is 79.3 Å². The van der Waals surface area contributed by atoms with E-state index in [-0.39, 0.29) is 11.3 Å². The lowest BCUT2D eigenvalue weighted by Gasteiger charge is -2.42. The Hall–Kier alpha value is -3.67. The summed E-state index contributed by atoms with van der Waals surface area (Å²) >= 11 is 0. The first-order chi connectivity index (χ1) is 16.2. The zero-order valence-electron chi connectivity index (χ0n) is 18.5. The maximum absolute atomic E-state index is 12.5. The fourth-order valence-corrected chi connectivity index (χ4v) is 4.96. The number of pyridine rings is 2. The van der Waals surface area contributed by atoms with Gasteiger partial charge >= 0.3 is 0 Å². The highest BCUT2D eigenvalue weighted by Crippen LogP contribution is 2.42. The number of nitrogens with zero attached hydrogens (tertiary/aromatic N) is 4. The van der Waals surface area contributed by atoms with Crippen molar-refractivity contribution in [1.29, 1.82) is 0 Å². The monoisotopic (exact) mass is 437 g/mol. The van der Waals surface area contributed by atoms with Crippen molar-refractivity contribution in [3.63, 3.8) is 0 Å². The molecular weight excluding hydrogens is 410 g/mol. The van der Waals surface area contributed by atoms with Gasteiger partial charge in [-0.1, -0.05) is 36.4 Å². The van der Waals surface area contributed by atoms with Crippen LogP contribution in [0.3, 0.4) is 0 Å². The summed E-state index contributed by atoms with van der Waals surface area (Å²) < 4.78 is 2.11. The van der Waals surface area contributed by atoms with E-state index in [9.17, 15) is 4.79 Å². The molecular formula is C27H27N5O. The molecule has 2 fully saturated rings. The highest BCUT2D eigenvalue weighted by molar-refractivity contribution is 5.95. The molecule has 0 atom stereocenters. The molecule has 0 unspecified atom stereocenters. The summed E-state index contributed by atoms with van der Waals surface area (Å²) in [5.41, 5.74) is 3.93. The van der Waals surface area contributed by atoms with Crippen LogP contribution >= 0.6 is 0 Å². The van der Waals surface area contributed by atoms with Crippen molar-refractivity contribution in [3.8, 4) is 0 Å². The Morgan fingerprint density at radius 3 is 2.55 bits per heavy atom. The molecule has 1 saturated carbocycles. The number of amides is 1. The minimum atomic E-state index is -0.148. The largest absolute Gasteiger partial charge is 0.357 e. The van der Waals surface area contributed by atoms with Crippen LogP contribution in [0.25, 0.3) is 5.65 Å². The number of aromatic nitrogens is 3. The second-order valence-corrected chi connectivity index (χ2v) is 9.18. The van der Waals surface area contributed by atoms with E-state index in [1.807, 2.05) is 18.2 Å². The number of hydrogen-bond acceptors (Lipinski definition) is 4. The SMILES string of the molecule is O=C(NC1CC1)c1ccnc(N2CCC(c3ccccc3)(c3cn4ccccc4n3)CC2)c1. The number of rotatable bonds is 5. The second kappa shape index (κ2) is 8.03. The molecule has 1 N–H and O–H groups in total. The third-order valence-corrected chi connectivity index (χ3v) is 7.04. The lowest BCUT2D eigenvalue weighted by molar-refractivity contribution is 0.0951. The molecule has 6 nitrogen and oxygen atoms in total. The fraction of sp³-hybridized carbons (Fsp3) is 0.296. The van der Waals surface area contributed by atoms with Crippen molar-refractivity contribution in [2.45, 2.75) is 37.1 Å². The first-order valence-electron chi connectivity index (χ1n) is 11.7. The molecule has 0 bridgehead atoms. The molecule has 4 aromatic rings. The molecule has 0 spiro atoms. The summed E-state index contributed by atoms with van der Waals surface area (Å²) in [6.07, 6.45) is 10.0. The number of carbonyl (C=O) groups is 1. The number of fused-ring (bicyclic) bond motifs is 1. The van der Waals surface area contributed by atoms with Crippen LogP contribution in [0, 0.1) is 0 Å². The van der Waals surface area contributed by atoms with Gasteiger partial charge in [-0.3, -0.25) is 4.79 Å². The van der Waals surface area contributed by atoms with Gasteiger partial charge in [0.25, 0.3) is 5.91 Å². The van der Waals surface area contributed by atoms with E-state index in [2.05, 4.69) is 68.4 Å². The van der Waals surface area contributed by atoms with Gasteiger partial charge in [0.05, 0.1) is 5.69 Å². The highest BCUT2D eigenvalue weighted by atomic mass is 16.1. The quantitative estimate of drug-likeness (QED) is 0.508. The molecule has 0 radical (unpaired) electrons. The van der Waals surface area contributed by atoms with Crippen molar-refractivity contribution in [2.24, 2.45) is 0 Å². The summed E-state index contributed by atoms with van der Waals surface area (Å²) in [4.78, 5) is 24.4. The summed E-state index contributed by atoms with van der Waals surface area (Å²) in [5, 5.41) is 3.07.